The maximum absolute atomic E-state index is 13.1. The summed E-state index contributed by atoms with van der Waals surface area (Å²) in [5, 5.41) is 3.68. The van der Waals surface area contributed by atoms with Gasteiger partial charge in [0.25, 0.3) is 15.9 Å². The highest BCUT2D eigenvalue weighted by molar-refractivity contribution is 7.93. The van der Waals surface area contributed by atoms with Crippen molar-refractivity contribution in [1.29, 1.82) is 0 Å². The molecule has 164 valence electrons. The first-order chi connectivity index (χ1) is 15.2. The molecule has 0 aliphatic heterocycles. The van der Waals surface area contributed by atoms with Crippen LogP contribution in [-0.4, -0.2) is 23.1 Å². The first-order valence-electron chi connectivity index (χ1n) is 9.31. The molecule has 0 fully saturated rings. The molecular weight excluding hydrogens is 491 g/mol. The number of rotatable bonds is 6. The van der Waals surface area contributed by atoms with Gasteiger partial charge in [-0.05, 0) is 54.4 Å². The van der Waals surface area contributed by atoms with E-state index in [9.17, 15) is 13.2 Å². The van der Waals surface area contributed by atoms with Crippen LogP contribution in [0.15, 0.2) is 59.5 Å². The number of fused-ring (bicyclic) bond motifs is 1. The number of nitrogens with zero attached hydrogens (tertiary/aromatic N) is 2. The fourth-order valence-electron chi connectivity index (χ4n) is 3.07. The lowest BCUT2D eigenvalue weighted by atomic mass is 10.1. The molecule has 4 rings (SSSR count). The minimum Gasteiger partial charge on any atom is -0.348 e. The molecule has 0 saturated heterocycles. The summed E-state index contributed by atoms with van der Waals surface area (Å²) in [6.07, 6.45) is 0. The number of hydrogen-bond acceptors (Lipinski definition) is 6. The highest BCUT2D eigenvalue weighted by Crippen LogP contribution is 2.26. The molecule has 1 amide bonds. The fraction of sp³-hybridized carbons (Fsp3) is 0.0952. The third-order valence-electron chi connectivity index (χ3n) is 4.66. The van der Waals surface area contributed by atoms with E-state index in [1.165, 1.54) is 6.07 Å². The summed E-state index contributed by atoms with van der Waals surface area (Å²) in [7, 11) is -4.02. The molecule has 0 radical (unpaired) electrons. The Morgan fingerprint density at radius 3 is 2.66 bits per heavy atom. The van der Waals surface area contributed by atoms with E-state index >= 15 is 0 Å². The third kappa shape index (κ3) is 4.71. The molecule has 0 aliphatic rings. The van der Waals surface area contributed by atoms with E-state index in [0.717, 1.165) is 17.3 Å². The molecule has 0 aliphatic carbocycles. The van der Waals surface area contributed by atoms with Gasteiger partial charge in [-0.25, -0.2) is 8.42 Å². The van der Waals surface area contributed by atoms with Gasteiger partial charge >= 0.3 is 0 Å². The topological polar surface area (TPSA) is 101 Å². The number of benzene rings is 3. The number of amides is 1. The van der Waals surface area contributed by atoms with Crippen LogP contribution in [0.3, 0.4) is 0 Å². The maximum atomic E-state index is 13.1. The molecule has 11 heteroatoms. The van der Waals surface area contributed by atoms with Crippen molar-refractivity contribution in [3.8, 4) is 0 Å². The van der Waals surface area contributed by atoms with Crippen LogP contribution in [0.4, 0.5) is 5.69 Å². The number of anilines is 1. The highest BCUT2D eigenvalue weighted by atomic mass is 35.5. The third-order valence-corrected chi connectivity index (χ3v) is 7.18. The van der Waals surface area contributed by atoms with Crippen molar-refractivity contribution in [1.82, 2.24) is 14.1 Å². The zero-order valence-corrected chi connectivity index (χ0v) is 19.7. The van der Waals surface area contributed by atoms with Crippen LogP contribution in [0, 0.1) is 6.92 Å². The Morgan fingerprint density at radius 2 is 1.88 bits per heavy atom. The van der Waals surface area contributed by atoms with Gasteiger partial charge in [0.05, 0.1) is 23.0 Å². The van der Waals surface area contributed by atoms with Gasteiger partial charge in [0.2, 0.25) is 0 Å². The number of aryl methyl sites for hydroxylation is 1. The van der Waals surface area contributed by atoms with Crippen molar-refractivity contribution in [2.24, 2.45) is 0 Å². The van der Waals surface area contributed by atoms with Gasteiger partial charge in [0.15, 0.2) is 0 Å². The summed E-state index contributed by atoms with van der Waals surface area (Å²) in [6.45, 7) is 1.96. The van der Waals surface area contributed by atoms with Gasteiger partial charge in [-0.1, -0.05) is 41.4 Å². The first-order valence-corrected chi connectivity index (χ1v) is 12.3. The van der Waals surface area contributed by atoms with Crippen molar-refractivity contribution in [2.75, 3.05) is 4.72 Å². The molecule has 0 unspecified atom stereocenters. The van der Waals surface area contributed by atoms with Gasteiger partial charge in [0.1, 0.15) is 15.9 Å². The normalized spacial score (nSPS) is 11.5. The van der Waals surface area contributed by atoms with E-state index in [1.54, 1.807) is 55.5 Å². The van der Waals surface area contributed by atoms with E-state index in [-0.39, 0.29) is 28.2 Å². The average Bonchev–Trinajstić information content (AvgIpc) is 3.21. The molecule has 1 heterocycles. The van der Waals surface area contributed by atoms with Crippen LogP contribution in [0.25, 0.3) is 11.0 Å². The molecule has 3 aromatic carbocycles. The lowest BCUT2D eigenvalue weighted by Gasteiger charge is -2.14. The molecule has 0 bridgehead atoms. The monoisotopic (exact) mass is 506 g/mol. The minimum absolute atomic E-state index is 0.00967. The first kappa shape index (κ1) is 22.5. The van der Waals surface area contributed by atoms with E-state index in [0.29, 0.717) is 21.1 Å². The summed E-state index contributed by atoms with van der Waals surface area (Å²) in [5.41, 5.74) is 2.56. The van der Waals surface area contributed by atoms with Gasteiger partial charge < -0.3 is 5.32 Å². The van der Waals surface area contributed by atoms with Crippen molar-refractivity contribution < 1.29 is 13.2 Å². The van der Waals surface area contributed by atoms with Gasteiger partial charge in [-0.3, -0.25) is 9.52 Å². The van der Waals surface area contributed by atoms with Gasteiger partial charge in [-0.15, -0.1) is 0 Å². The number of hydrogen-bond donors (Lipinski definition) is 2. The number of carbonyl (C=O) groups excluding carboxylic acids is 1. The summed E-state index contributed by atoms with van der Waals surface area (Å²) in [5.74, 6) is -0.456. The second kappa shape index (κ2) is 9.03. The van der Waals surface area contributed by atoms with Crippen molar-refractivity contribution in [3.63, 3.8) is 0 Å². The van der Waals surface area contributed by atoms with Crippen LogP contribution >= 0.6 is 34.9 Å². The van der Waals surface area contributed by atoms with Crippen LogP contribution in [0.5, 0.6) is 0 Å². The molecular formula is C21H16Cl2N4O3S2. The number of sulfonamides is 1. The molecule has 32 heavy (non-hydrogen) atoms. The Bertz CT molecular complexity index is 1440. The van der Waals surface area contributed by atoms with Crippen molar-refractivity contribution >= 4 is 67.6 Å². The van der Waals surface area contributed by atoms with Crippen LogP contribution in [0.1, 0.15) is 21.5 Å². The summed E-state index contributed by atoms with van der Waals surface area (Å²) < 4.78 is 36.9. The van der Waals surface area contributed by atoms with Crippen LogP contribution < -0.4 is 10.0 Å². The lowest BCUT2D eigenvalue weighted by Crippen LogP contribution is -2.25. The van der Waals surface area contributed by atoms with E-state index in [4.69, 9.17) is 23.2 Å². The second-order valence-corrected chi connectivity index (χ2v) is 9.98. The molecule has 2 N–H and O–H groups in total. The molecule has 0 saturated carbocycles. The summed E-state index contributed by atoms with van der Waals surface area (Å²) in [6, 6.07) is 14.6. The summed E-state index contributed by atoms with van der Waals surface area (Å²) >= 11 is 13.0. The lowest BCUT2D eigenvalue weighted by molar-refractivity contribution is 0.0952. The maximum Gasteiger partial charge on any atom is 0.264 e. The standard InChI is InChI=1S/C21H16Cl2N4O3S2/c1-12-5-8-15(21(28)24-11-13-6-7-14(22)10-16(13)23)18(9-12)27-32(29,30)19-4-2-3-17-20(19)26-31-25-17/h2-10,27H,11H2,1H3,(H,24,28). The summed E-state index contributed by atoms with van der Waals surface area (Å²) in [4.78, 5) is 12.9. The average molecular weight is 507 g/mol. The molecule has 0 atom stereocenters. The number of halogens is 2. The number of aromatic nitrogens is 2. The van der Waals surface area contributed by atoms with Crippen LogP contribution in [0.2, 0.25) is 10.0 Å². The second-order valence-electron chi connectivity index (χ2n) is 6.96. The van der Waals surface area contributed by atoms with Crippen LogP contribution in [-0.2, 0) is 16.6 Å². The van der Waals surface area contributed by atoms with Crippen molar-refractivity contribution in [3.05, 3.63) is 81.3 Å². The molecule has 7 nitrogen and oxygen atoms in total. The Hall–Kier alpha value is -2.72. The molecule has 4 aromatic rings. The van der Waals surface area contributed by atoms with E-state index in [1.807, 2.05) is 0 Å². The smallest absolute Gasteiger partial charge is 0.264 e. The Kier molecular flexibility index (Phi) is 6.34. The minimum atomic E-state index is -4.02. The number of carbonyl (C=O) groups is 1. The highest BCUT2D eigenvalue weighted by Gasteiger charge is 2.22. The van der Waals surface area contributed by atoms with E-state index in [2.05, 4.69) is 18.8 Å². The Balaban J connectivity index is 1.62. The predicted molar refractivity (Wildman–Crippen MR) is 127 cm³/mol. The van der Waals surface area contributed by atoms with E-state index < -0.39 is 15.9 Å². The van der Waals surface area contributed by atoms with Crippen molar-refractivity contribution in [2.45, 2.75) is 18.4 Å². The molecule has 1 aromatic heterocycles. The SMILES string of the molecule is Cc1ccc(C(=O)NCc2ccc(Cl)cc2Cl)c(NS(=O)(=O)c2cccc3nsnc23)c1. The largest absolute Gasteiger partial charge is 0.348 e. The van der Waals surface area contributed by atoms with Gasteiger partial charge in [0, 0.05) is 16.6 Å². The fourth-order valence-corrected chi connectivity index (χ4v) is 5.39. The Morgan fingerprint density at radius 1 is 1.06 bits per heavy atom. The zero-order chi connectivity index (χ0) is 22.9. The van der Waals surface area contributed by atoms with Gasteiger partial charge in [-0.2, -0.15) is 8.75 Å². The Labute approximate surface area is 198 Å². The molecule has 0 spiro atoms. The quantitative estimate of drug-likeness (QED) is 0.381. The predicted octanol–water partition coefficient (Wildman–Crippen LogP) is 5.04. The zero-order valence-electron chi connectivity index (χ0n) is 16.6. The number of nitrogens with one attached hydrogen (secondary N) is 2.